The Morgan fingerprint density at radius 2 is 2.16 bits per heavy atom. The number of nitrogens with zero attached hydrogens (tertiary/aromatic N) is 2. The number of aromatic nitrogens is 2. The van der Waals surface area contributed by atoms with Crippen LogP contribution in [0.25, 0.3) is 0 Å². The molecule has 8 heteroatoms. The van der Waals surface area contributed by atoms with E-state index in [2.05, 4.69) is 4.98 Å². The van der Waals surface area contributed by atoms with Crippen LogP contribution >= 0.6 is 0 Å². The van der Waals surface area contributed by atoms with Gasteiger partial charge in [-0.15, -0.1) is 0 Å². The van der Waals surface area contributed by atoms with Crippen LogP contribution in [-0.4, -0.2) is 52.8 Å². The van der Waals surface area contributed by atoms with Gasteiger partial charge in [-0.25, -0.2) is 4.79 Å². The van der Waals surface area contributed by atoms with E-state index in [9.17, 15) is 9.59 Å². The van der Waals surface area contributed by atoms with Crippen molar-refractivity contribution in [3.8, 4) is 0 Å². The number of hydrogen-bond acceptors (Lipinski definition) is 6. The molecule has 8 nitrogen and oxygen atoms in total. The van der Waals surface area contributed by atoms with Crippen LogP contribution in [0.5, 0.6) is 0 Å². The van der Waals surface area contributed by atoms with E-state index < -0.39 is 0 Å². The molecular weight excluding hydrogens is 326 g/mol. The number of nitrogens with one attached hydrogen (secondary N) is 1. The molecule has 0 bridgehead atoms. The Labute approximate surface area is 145 Å². The number of hydroxylamine groups is 2. The van der Waals surface area contributed by atoms with E-state index in [4.69, 9.17) is 14.3 Å². The van der Waals surface area contributed by atoms with Crippen molar-refractivity contribution >= 4 is 0 Å². The van der Waals surface area contributed by atoms with Crippen molar-refractivity contribution in [1.29, 1.82) is 0 Å². The van der Waals surface area contributed by atoms with Crippen LogP contribution in [0.2, 0.25) is 0 Å². The minimum Gasteiger partial charge on any atom is -0.353 e. The first kappa shape index (κ1) is 17.0. The zero-order chi connectivity index (χ0) is 17.4. The third kappa shape index (κ3) is 3.44. The first-order valence-electron chi connectivity index (χ1n) is 9.10. The maximum atomic E-state index is 12.2. The van der Waals surface area contributed by atoms with Crippen LogP contribution in [0.1, 0.15) is 43.7 Å². The first-order chi connectivity index (χ1) is 12.1. The minimum absolute atomic E-state index is 0.0129. The molecule has 0 spiro atoms. The Morgan fingerprint density at radius 3 is 2.96 bits per heavy atom. The number of aromatic amines is 1. The van der Waals surface area contributed by atoms with Gasteiger partial charge in [-0.1, -0.05) is 0 Å². The van der Waals surface area contributed by atoms with Crippen molar-refractivity contribution in [2.24, 2.45) is 0 Å². The summed E-state index contributed by atoms with van der Waals surface area (Å²) in [4.78, 5) is 32.2. The summed E-state index contributed by atoms with van der Waals surface area (Å²) < 4.78 is 13.1. The highest BCUT2D eigenvalue weighted by molar-refractivity contribution is 5.04. The second-order valence-corrected chi connectivity index (χ2v) is 7.14. The molecule has 4 atom stereocenters. The largest absolute Gasteiger partial charge is 0.353 e. The molecule has 3 saturated heterocycles. The lowest BCUT2D eigenvalue weighted by atomic mass is 10.0. The van der Waals surface area contributed by atoms with Gasteiger partial charge in [0.15, 0.2) is 6.29 Å². The summed E-state index contributed by atoms with van der Waals surface area (Å²) >= 11 is 0. The van der Waals surface area contributed by atoms with Gasteiger partial charge < -0.3 is 9.47 Å². The van der Waals surface area contributed by atoms with E-state index >= 15 is 0 Å². The van der Waals surface area contributed by atoms with E-state index in [0.29, 0.717) is 12.2 Å². The Morgan fingerprint density at radius 1 is 1.28 bits per heavy atom. The number of hydrogen-bond donors (Lipinski definition) is 1. The molecule has 138 valence electrons. The van der Waals surface area contributed by atoms with Crippen LogP contribution in [0.3, 0.4) is 0 Å². The maximum absolute atomic E-state index is 12.2. The van der Waals surface area contributed by atoms with Crippen molar-refractivity contribution in [3.63, 3.8) is 0 Å². The average molecular weight is 351 g/mol. The predicted octanol–water partition coefficient (Wildman–Crippen LogP) is 0.708. The van der Waals surface area contributed by atoms with Crippen molar-refractivity contribution < 1.29 is 14.3 Å². The normalized spacial score (nSPS) is 32.8. The second-order valence-electron chi connectivity index (χ2n) is 7.14. The Bertz CT molecular complexity index is 724. The van der Waals surface area contributed by atoms with Crippen molar-refractivity contribution in [2.45, 2.75) is 63.5 Å². The fourth-order valence-electron chi connectivity index (χ4n) is 4.03. The van der Waals surface area contributed by atoms with Crippen molar-refractivity contribution in [2.75, 3.05) is 19.8 Å². The van der Waals surface area contributed by atoms with E-state index in [1.165, 1.54) is 0 Å². The summed E-state index contributed by atoms with van der Waals surface area (Å²) in [7, 11) is 0. The van der Waals surface area contributed by atoms with Crippen LogP contribution in [0.4, 0.5) is 0 Å². The van der Waals surface area contributed by atoms with Gasteiger partial charge in [0.1, 0.15) is 6.10 Å². The summed E-state index contributed by atoms with van der Waals surface area (Å²) in [6.07, 6.45) is 6.35. The van der Waals surface area contributed by atoms with Gasteiger partial charge in [0.05, 0.1) is 18.7 Å². The lowest BCUT2D eigenvalue weighted by Crippen LogP contribution is -2.37. The molecule has 1 N–H and O–H groups in total. The highest BCUT2D eigenvalue weighted by atomic mass is 16.7. The molecule has 1 unspecified atom stereocenters. The third-order valence-electron chi connectivity index (χ3n) is 5.36. The van der Waals surface area contributed by atoms with Crippen LogP contribution in [0.15, 0.2) is 15.8 Å². The number of H-pyrrole nitrogens is 1. The third-order valence-corrected chi connectivity index (χ3v) is 5.36. The SMILES string of the molecule is Cc1cn([C@@H]2CCN3O[C@@H](COC4CCCCO4)C[C@H]23)c(=O)[nH]c1=O. The highest BCUT2D eigenvalue weighted by Crippen LogP contribution is 2.37. The fourth-order valence-corrected chi connectivity index (χ4v) is 4.03. The Balaban J connectivity index is 1.40. The van der Waals surface area contributed by atoms with Crippen LogP contribution in [0, 0.1) is 6.92 Å². The molecular formula is C17H25N3O5. The molecule has 1 aromatic rings. The monoisotopic (exact) mass is 351 g/mol. The summed E-state index contributed by atoms with van der Waals surface area (Å²) in [6.45, 7) is 3.76. The lowest BCUT2D eigenvalue weighted by Gasteiger charge is -2.24. The predicted molar refractivity (Wildman–Crippen MR) is 89.2 cm³/mol. The van der Waals surface area contributed by atoms with Gasteiger partial charge in [0.2, 0.25) is 0 Å². The van der Waals surface area contributed by atoms with Crippen LogP contribution < -0.4 is 11.2 Å². The molecule has 3 aliphatic rings. The summed E-state index contributed by atoms with van der Waals surface area (Å²) in [6, 6.07) is 0.142. The van der Waals surface area contributed by atoms with E-state index in [-0.39, 0.29) is 35.7 Å². The molecule has 4 rings (SSSR count). The Hall–Kier alpha value is -1.48. The Kier molecular flexibility index (Phi) is 4.77. The number of aryl methyl sites for hydroxylation is 1. The van der Waals surface area contributed by atoms with Gasteiger partial charge >= 0.3 is 5.69 Å². The van der Waals surface area contributed by atoms with Crippen LogP contribution in [-0.2, 0) is 14.3 Å². The standard InChI is InChI=1S/C17H25N3O5/c1-11-9-19(17(22)18-16(11)21)13-5-6-20-14(13)8-12(25-20)10-24-15-4-2-3-7-23-15/h9,12-15H,2-8,10H2,1H3,(H,18,21,22)/t12-,13-,14-,15?/m1/s1. The molecule has 0 radical (unpaired) electrons. The quantitative estimate of drug-likeness (QED) is 0.860. The molecule has 0 aliphatic carbocycles. The van der Waals surface area contributed by atoms with Crippen molar-refractivity contribution in [3.05, 3.63) is 32.6 Å². The summed E-state index contributed by atoms with van der Waals surface area (Å²) in [5.74, 6) is 0. The van der Waals surface area contributed by atoms with E-state index in [1.807, 2.05) is 5.06 Å². The lowest BCUT2D eigenvalue weighted by molar-refractivity contribution is -0.206. The zero-order valence-electron chi connectivity index (χ0n) is 14.5. The highest BCUT2D eigenvalue weighted by Gasteiger charge is 2.44. The molecule has 3 aliphatic heterocycles. The first-order valence-corrected chi connectivity index (χ1v) is 9.10. The zero-order valence-corrected chi connectivity index (χ0v) is 14.5. The molecule has 0 saturated carbocycles. The fraction of sp³-hybridized carbons (Fsp3) is 0.765. The summed E-state index contributed by atoms with van der Waals surface area (Å²) in [5, 5.41) is 1.97. The van der Waals surface area contributed by atoms with Gasteiger partial charge in [-0.2, -0.15) is 5.06 Å². The number of ether oxygens (including phenoxy) is 2. The molecule has 3 fully saturated rings. The average Bonchev–Trinajstić information content (AvgIpc) is 3.18. The number of rotatable bonds is 4. The summed E-state index contributed by atoms with van der Waals surface area (Å²) in [5.41, 5.74) is -0.124. The smallest absolute Gasteiger partial charge is 0.328 e. The van der Waals surface area contributed by atoms with Gasteiger partial charge in [0.25, 0.3) is 5.56 Å². The molecule has 1 aromatic heterocycles. The topological polar surface area (TPSA) is 85.8 Å². The molecule has 0 amide bonds. The molecule has 0 aromatic carbocycles. The van der Waals surface area contributed by atoms with Gasteiger partial charge in [-0.3, -0.25) is 19.2 Å². The molecule has 25 heavy (non-hydrogen) atoms. The second kappa shape index (κ2) is 7.03. The van der Waals surface area contributed by atoms with Crippen molar-refractivity contribution in [1.82, 2.24) is 14.6 Å². The maximum Gasteiger partial charge on any atom is 0.328 e. The van der Waals surface area contributed by atoms with Gasteiger partial charge in [0, 0.05) is 24.9 Å². The van der Waals surface area contributed by atoms with E-state index in [0.717, 1.165) is 45.3 Å². The van der Waals surface area contributed by atoms with E-state index in [1.54, 1.807) is 17.7 Å². The molecule has 4 heterocycles. The van der Waals surface area contributed by atoms with Gasteiger partial charge in [-0.05, 0) is 39.0 Å². The number of fused-ring (bicyclic) bond motifs is 1. The minimum atomic E-state index is -0.349.